The van der Waals surface area contributed by atoms with Gasteiger partial charge in [0.1, 0.15) is 5.82 Å². The van der Waals surface area contributed by atoms with E-state index >= 15 is 0 Å². The molecule has 96 valence electrons. The van der Waals surface area contributed by atoms with Crippen LogP contribution >= 0.6 is 11.6 Å². The third-order valence-electron chi connectivity index (χ3n) is 2.95. The van der Waals surface area contributed by atoms with Gasteiger partial charge in [0.15, 0.2) is 0 Å². The number of nitrogens with one attached hydrogen (secondary N) is 1. The molecule has 2 nitrogen and oxygen atoms in total. The normalized spacial score (nSPS) is 10.9. The molecule has 1 heterocycles. The predicted molar refractivity (Wildman–Crippen MR) is 75.9 cm³/mol. The quantitative estimate of drug-likeness (QED) is 0.794. The molecule has 0 radical (unpaired) electrons. The van der Waals surface area contributed by atoms with E-state index < -0.39 is 0 Å². The van der Waals surface area contributed by atoms with Gasteiger partial charge in [0.05, 0.1) is 0 Å². The van der Waals surface area contributed by atoms with E-state index in [-0.39, 0.29) is 0 Å². The Morgan fingerprint density at radius 2 is 1.82 bits per heavy atom. The van der Waals surface area contributed by atoms with E-state index in [4.69, 9.17) is 11.6 Å². The molecule has 0 aliphatic heterocycles. The van der Waals surface area contributed by atoms with Crippen LogP contribution in [0.25, 0.3) is 0 Å². The van der Waals surface area contributed by atoms with Gasteiger partial charge in [-0.2, -0.15) is 0 Å². The lowest BCUT2D eigenvalue weighted by Gasteiger charge is -2.20. The standard InChI is InChI=1S/C14H23ClN2/c1-5-7-12(8-6-2)17-14-11(4)13(15)9-10(3)16-14/h9,12H,5-8H2,1-4H3,(H,16,17). The summed E-state index contributed by atoms with van der Waals surface area (Å²) in [5.74, 6) is 0.946. The molecule has 0 aliphatic carbocycles. The van der Waals surface area contributed by atoms with Crippen LogP contribution < -0.4 is 5.32 Å². The fourth-order valence-electron chi connectivity index (χ4n) is 2.02. The van der Waals surface area contributed by atoms with Crippen molar-refractivity contribution in [3.63, 3.8) is 0 Å². The number of hydrogen-bond donors (Lipinski definition) is 1. The van der Waals surface area contributed by atoms with Crippen LogP contribution in [0.2, 0.25) is 5.02 Å². The smallest absolute Gasteiger partial charge is 0.130 e. The van der Waals surface area contributed by atoms with Crippen LogP contribution in [-0.2, 0) is 0 Å². The number of aromatic nitrogens is 1. The van der Waals surface area contributed by atoms with E-state index in [1.54, 1.807) is 0 Å². The number of aryl methyl sites for hydroxylation is 1. The summed E-state index contributed by atoms with van der Waals surface area (Å²) in [4.78, 5) is 4.54. The fourth-order valence-corrected chi connectivity index (χ4v) is 2.26. The van der Waals surface area contributed by atoms with E-state index in [0.717, 1.165) is 22.1 Å². The predicted octanol–water partition coefficient (Wildman–Crippen LogP) is 4.73. The van der Waals surface area contributed by atoms with Crippen molar-refractivity contribution in [3.8, 4) is 0 Å². The van der Waals surface area contributed by atoms with Crippen molar-refractivity contribution in [1.29, 1.82) is 0 Å². The minimum absolute atomic E-state index is 0.508. The summed E-state index contributed by atoms with van der Waals surface area (Å²) in [5, 5.41) is 4.33. The summed E-state index contributed by atoms with van der Waals surface area (Å²) in [6, 6.07) is 2.42. The van der Waals surface area contributed by atoms with Crippen molar-refractivity contribution in [3.05, 3.63) is 22.3 Å². The topological polar surface area (TPSA) is 24.9 Å². The number of nitrogens with zero attached hydrogens (tertiary/aromatic N) is 1. The van der Waals surface area contributed by atoms with Crippen LogP contribution in [0.1, 0.15) is 50.8 Å². The fraction of sp³-hybridized carbons (Fsp3) is 0.643. The Balaban J connectivity index is 2.84. The lowest BCUT2D eigenvalue weighted by Crippen LogP contribution is -2.20. The monoisotopic (exact) mass is 254 g/mol. The molecule has 0 aromatic carbocycles. The van der Waals surface area contributed by atoms with Crippen LogP contribution in [0.4, 0.5) is 5.82 Å². The molecule has 0 spiro atoms. The summed E-state index contributed by atoms with van der Waals surface area (Å²) in [6.45, 7) is 8.43. The van der Waals surface area contributed by atoms with Crippen LogP contribution in [0.5, 0.6) is 0 Å². The summed E-state index contributed by atoms with van der Waals surface area (Å²) >= 11 is 6.18. The highest BCUT2D eigenvalue weighted by Gasteiger charge is 2.11. The van der Waals surface area contributed by atoms with Gasteiger partial charge in [0.25, 0.3) is 0 Å². The number of halogens is 1. The van der Waals surface area contributed by atoms with E-state index in [2.05, 4.69) is 24.1 Å². The first kappa shape index (κ1) is 14.3. The van der Waals surface area contributed by atoms with Crippen molar-refractivity contribution < 1.29 is 0 Å². The second-order valence-corrected chi connectivity index (χ2v) is 5.04. The molecular weight excluding hydrogens is 232 g/mol. The molecule has 0 unspecified atom stereocenters. The van der Waals surface area contributed by atoms with Gasteiger partial charge in [0.2, 0.25) is 0 Å². The average molecular weight is 255 g/mol. The van der Waals surface area contributed by atoms with E-state index in [9.17, 15) is 0 Å². The highest BCUT2D eigenvalue weighted by molar-refractivity contribution is 6.31. The zero-order valence-electron chi connectivity index (χ0n) is 11.3. The van der Waals surface area contributed by atoms with Crippen LogP contribution in [-0.4, -0.2) is 11.0 Å². The Labute approximate surface area is 110 Å². The summed E-state index contributed by atoms with van der Waals surface area (Å²) in [5.41, 5.74) is 2.02. The third-order valence-corrected chi connectivity index (χ3v) is 3.34. The van der Waals surface area contributed by atoms with E-state index in [1.165, 1.54) is 25.7 Å². The van der Waals surface area contributed by atoms with Crippen molar-refractivity contribution in [1.82, 2.24) is 4.98 Å². The van der Waals surface area contributed by atoms with Gasteiger partial charge in [-0.05, 0) is 32.8 Å². The molecule has 17 heavy (non-hydrogen) atoms. The molecule has 0 bridgehead atoms. The second-order valence-electron chi connectivity index (χ2n) is 4.64. The molecule has 0 atom stereocenters. The molecular formula is C14H23ClN2. The largest absolute Gasteiger partial charge is 0.367 e. The maximum Gasteiger partial charge on any atom is 0.130 e. The third kappa shape index (κ3) is 4.19. The molecule has 0 amide bonds. The first-order valence-electron chi connectivity index (χ1n) is 6.48. The lowest BCUT2D eigenvalue weighted by molar-refractivity contribution is 0.584. The minimum Gasteiger partial charge on any atom is -0.367 e. The number of rotatable bonds is 6. The van der Waals surface area contributed by atoms with Gasteiger partial charge in [-0.15, -0.1) is 0 Å². The SMILES string of the molecule is CCCC(CCC)Nc1nc(C)cc(Cl)c1C. The Morgan fingerprint density at radius 3 is 2.35 bits per heavy atom. The van der Waals surface area contributed by atoms with Gasteiger partial charge in [0, 0.05) is 22.3 Å². The van der Waals surface area contributed by atoms with Crippen molar-refractivity contribution in [2.75, 3.05) is 5.32 Å². The Kier molecular flexibility index (Phi) is 5.76. The molecule has 1 aromatic rings. The van der Waals surface area contributed by atoms with Crippen LogP contribution in [0, 0.1) is 13.8 Å². The maximum atomic E-state index is 6.18. The first-order chi connectivity index (χ1) is 8.08. The van der Waals surface area contributed by atoms with Gasteiger partial charge < -0.3 is 5.32 Å². The zero-order chi connectivity index (χ0) is 12.8. The van der Waals surface area contributed by atoms with Crippen LogP contribution in [0.3, 0.4) is 0 Å². The summed E-state index contributed by atoms with van der Waals surface area (Å²) in [6.07, 6.45) is 4.74. The highest BCUT2D eigenvalue weighted by Crippen LogP contribution is 2.24. The van der Waals surface area contributed by atoms with Gasteiger partial charge in [-0.3, -0.25) is 0 Å². The zero-order valence-corrected chi connectivity index (χ0v) is 12.1. The molecule has 0 fully saturated rings. The molecule has 3 heteroatoms. The molecule has 0 saturated carbocycles. The summed E-state index contributed by atoms with van der Waals surface area (Å²) in [7, 11) is 0. The molecule has 1 N–H and O–H groups in total. The number of anilines is 1. The Morgan fingerprint density at radius 1 is 1.24 bits per heavy atom. The van der Waals surface area contributed by atoms with E-state index in [0.29, 0.717) is 6.04 Å². The maximum absolute atomic E-state index is 6.18. The van der Waals surface area contributed by atoms with E-state index in [1.807, 2.05) is 19.9 Å². The van der Waals surface area contributed by atoms with Gasteiger partial charge >= 0.3 is 0 Å². The lowest BCUT2D eigenvalue weighted by atomic mass is 10.1. The Bertz CT molecular complexity index is 357. The summed E-state index contributed by atoms with van der Waals surface area (Å²) < 4.78 is 0. The van der Waals surface area contributed by atoms with Crippen molar-refractivity contribution in [2.24, 2.45) is 0 Å². The van der Waals surface area contributed by atoms with Gasteiger partial charge in [-0.1, -0.05) is 38.3 Å². The number of pyridine rings is 1. The van der Waals surface area contributed by atoms with Crippen LogP contribution in [0.15, 0.2) is 6.07 Å². The van der Waals surface area contributed by atoms with Crippen molar-refractivity contribution >= 4 is 17.4 Å². The minimum atomic E-state index is 0.508. The molecule has 0 saturated heterocycles. The highest BCUT2D eigenvalue weighted by atomic mass is 35.5. The van der Waals surface area contributed by atoms with Crippen molar-refractivity contribution in [2.45, 2.75) is 59.4 Å². The first-order valence-corrected chi connectivity index (χ1v) is 6.86. The van der Waals surface area contributed by atoms with Gasteiger partial charge in [-0.25, -0.2) is 4.98 Å². The second kappa shape index (κ2) is 6.85. The molecule has 0 aliphatic rings. The Hall–Kier alpha value is -0.760. The molecule has 1 aromatic heterocycles. The number of hydrogen-bond acceptors (Lipinski definition) is 2. The molecule has 1 rings (SSSR count). The average Bonchev–Trinajstić information content (AvgIpc) is 2.26.